The molecule has 0 atom stereocenters. The highest BCUT2D eigenvalue weighted by molar-refractivity contribution is 6.07. The Bertz CT molecular complexity index is 798. The number of nitrogens with one attached hydrogen (secondary N) is 1. The summed E-state index contributed by atoms with van der Waals surface area (Å²) in [4.78, 5) is 26.9. The van der Waals surface area contributed by atoms with E-state index in [2.05, 4.69) is 5.32 Å². The lowest BCUT2D eigenvalue weighted by Gasteiger charge is -2.24. The number of carbonyl (C=O) groups excluding carboxylic acids is 2. The van der Waals surface area contributed by atoms with Crippen LogP contribution >= 0.6 is 0 Å². The zero-order valence-corrected chi connectivity index (χ0v) is 15.6. The number of rotatable bonds is 6. The van der Waals surface area contributed by atoms with Crippen molar-refractivity contribution >= 4 is 17.5 Å². The van der Waals surface area contributed by atoms with Crippen molar-refractivity contribution in [2.75, 3.05) is 18.0 Å². The molecule has 2 amide bonds. The molecule has 0 unspecified atom stereocenters. The van der Waals surface area contributed by atoms with E-state index in [1.165, 1.54) is 12.1 Å². The van der Waals surface area contributed by atoms with E-state index in [-0.39, 0.29) is 23.5 Å². The van der Waals surface area contributed by atoms with Gasteiger partial charge in [0.05, 0.1) is 0 Å². The average Bonchev–Trinajstić information content (AvgIpc) is 3.21. The predicted molar refractivity (Wildman–Crippen MR) is 104 cm³/mol. The molecular weight excluding hydrogens is 343 g/mol. The van der Waals surface area contributed by atoms with Crippen LogP contribution in [0.4, 0.5) is 10.1 Å². The van der Waals surface area contributed by atoms with Crippen LogP contribution < -0.4 is 10.2 Å². The summed E-state index contributed by atoms with van der Waals surface area (Å²) >= 11 is 0. The lowest BCUT2D eigenvalue weighted by atomic mass is 10.1. The SMILES string of the molecule is Cc1ccccc1C(=O)N(CCNC(=O)C1CCCC1)c1ccc(F)cc1. The van der Waals surface area contributed by atoms with Gasteiger partial charge in [-0.25, -0.2) is 4.39 Å². The topological polar surface area (TPSA) is 49.4 Å². The van der Waals surface area contributed by atoms with Crippen LogP contribution in [0, 0.1) is 18.7 Å². The lowest BCUT2D eigenvalue weighted by molar-refractivity contribution is -0.124. The van der Waals surface area contributed by atoms with E-state index >= 15 is 0 Å². The van der Waals surface area contributed by atoms with E-state index in [1.54, 1.807) is 23.1 Å². The number of amides is 2. The number of carbonyl (C=O) groups is 2. The molecule has 0 spiro atoms. The molecule has 2 aromatic carbocycles. The standard InChI is InChI=1S/C22H25FN2O2/c1-16-6-2-5-9-20(16)22(27)25(19-12-10-18(23)11-13-19)15-14-24-21(26)17-7-3-4-8-17/h2,5-6,9-13,17H,3-4,7-8,14-15H2,1H3,(H,24,26). The maximum Gasteiger partial charge on any atom is 0.258 e. The second kappa shape index (κ2) is 8.80. The summed E-state index contributed by atoms with van der Waals surface area (Å²) in [6.45, 7) is 2.58. The molecule has 27 heavy (non-hydrogen) atoms. The van der Waals surface area contributed by atoms with Crippen molar-refractivity contribution in [3.8, 4) is 0 Å². The van der Waals surface area contributed by atoms with Crippen LogP contribution in [0.2, 0.25) is 0 Å². The Labute approximate surface area is 159 Å². The highest BCUT2D eigenvalue weighted by atomic mass is 19.1. The Morgan fingerprint density at radius 1 is 1.07 bits per heavy atom. The third-order valence-electron chi connectivity index (χ3n) is 5.12. The van der Waals surface area contributed by atoms with Crippen LogP contribution in [0.3, 0.4) is 0 Å². The molecule has 1 fully saturated rings. The zero-order valence-electron chi connectivity index (χ0n) is 15.6. The Morgan fingerprint density at radius 2 is 1.74 bits per heavy atom. The molecule has 1 aliphatic rings. The molecule has 142 valence electrons. The molecule has 1 aliphatic carbocycles. The minimum Gasteiger partial charge on any atom is -0.354 e. The van der Waals surface area contributed by atoms with Crippen molar-refractivity contribution in [2.45, 2.75) is 32.6 Å². The van der Waals surface area contributed by atoms with Gasteiger partial charge in [-0.15, -0.1) is 0 Å². The second-order valence-corrected chi connectivity index (χ2v) is 7.02. The average molecular weight is 368 g/mol. The molecule has 2 aromatic rings. The highest BCUT2D eigenvalue weighted by Crippen LogP contribution is 2.24. The molecule has 0 heterocycles. The van der Waals surface area contributed by atoms with Gasteiger partial charge in [0, 0.05) is 30.3 Å². The highest BCUT2D eigenvalue weighted by Gasteiger charge is 2.23. The van der Waals surface area contributed by atoms with E-state index in [0.717, 1.165) is 31.2 Å². The van der Waals surface area contributed by atoms with Gasteiger partial charge in [-0.1, -0.05) is 31.0 Å². The van der Waals surface area contributed by atoms with Crippen molar-refractivity contribution in [1.29, 1.82) is 0 Å². The van der Waals surface area contributed by atoms with E-state index in [0.29, 0.717) is 24.3 Å². The van der Waals surface area contributed by atoms with Crippen LogP contribution in [0.15, 0.2) is 48.5 Å². The van der Waals surface area contributed by atoms with Gasteiger partial charge >= 0.3 is 0 Å². The molecule has 0 radical (unpaired) electrons. The molecule has 4 nitrogen and oxygen atoms in total. The van der Waals surface area contributed by atoms with Crippen molar-refractivity contribution in [3.63, 3.8) is 0 Å². The first-order valence-corrected chi connectivity index (χ1v) is 9.47. The second-order valence-electron chi connectivity index (χ2n) is 7.02. The van der Waals surface area contributed by atoms with Crippen molar-refractivity contribution in [1.82, 2.24) is 5.32 Å². The molecule has 1 saturated carbocycles. The fourth-order valence-electron chi connectivity index (χ4n) is 3.55. The lowest BCUT2D eigenvalue weighted by Crippen LogP contribution is -2.40. The smallest absolute Gasteiger partial charge is 0.258 e. The number of nitrogens with zero attached hydrogens (tertiary/aromatic N) is 1. The van der Waals surface area contributed by atoms with Gasteiger partial charge in [0.25, 0.3) is 5.91 Å². The Kier molecular flexibility index (Phi) is 6.22. The maximum absolute atomic E-state index is 13.3. The Morgan fingerprint density at radius 3 is 2.41 bits per heavy atom. The van der Waals surface area contributed by atoms with Crippen LogP contribution in [-0.4, -0.2) is 24.9 Å². The number of anilines is 1. The monoisotopic (exact) mass is 368 g/mol. The minimum absolute atomic E-state index is 0.0647. The van der Waals surface area contributed by atoms with Crippen LogP contribution in [0.5, 0.6) is 0 Å². The summed E-state index contributed by atoms with van der Waals surface area (Å²) in [5.41, 5.74) is 2.09. The first kappa shape index (κ1) is 19.1. The number of aryl methyl sites for hydroxylation is 1. The van der Waals surface area contributed by atoms with Crippen molar-refractivity contribution in [2.24, 2.45) is 5.92 Å². The first-order valence-electron chi connectivity index (χ1n) is 9.47. The van der Waals surface area contributed by atoms with Gasteiger partial charge in [-0.3, -0.25) is 9.59 Å². The van der Waals surface area contributed by atoms with E-state index in [4.69, 9.17) is 0 Å². The summed E-state index contributed by atoms with van der Waals surface area (Å²) in [5.74, 6) is -0.349. The first-order chi connectivity index (χ1) is 13.1. The van der Waals surface area contributed by atoms with Crippen LogP contribution in [-0.2, 0) is 4.79 Å². The maximum atomic E-state index is 13.3. The summed E-state index contributed by atoms with van der Waals surface area (Å²) < 4.78 is 13.3. The summed E-state index contributed by atoms with van der Waals surface area (Å²) in [5, 5.41) is 2.95. The van der Waals surface area contributed by atoms with Gasteiger partial charge in [0.2, 0.25) is 5.91 Å². The quantitative estimate of drug-likeness (QED) is 0.835. The number of halogens is 1. The van der Waals surface area contributed by atoms with E-state index < -0.39 is 0 Å². The van der Waals surface area contributed by atoms with Crippen molar-refractivity contribution < 1.29 is 14.0 Å². The molecular formula is C22H25FN2O2. The van der Waals surface area contributed by atoms with E-state index in [9.17, 15) is 14.0 Å². The molecule has 0 bridgehead atoms. The molecule has 3 rings (SSSR count). The van der Waals surface area contributed by atoms with E-state index in [1.807, 2.05) is 25.1 Å². The molecule has 0 aromatic heterocycles. The Balaban J connectivity index is 1.73. The fourth-order valence-corrected chi connectivity index (χ4v) is 3.55. The van der Waals surface area contributed by atoms with Gasteiger partial charge in [-0.05, 0) is 55.7 Å². The zero-order chi connectivity index (χ0) is 19.2. The largest absolute Gasteiger partial charge is 0.354 e. The van der Waals surface area contributed by atoms with Crippen LogP contribution in [0.25, 0.3) is 0 Å². The molecule has 1 N–H and O–H groups in total. The summed E-state index contributed by atoms with van der Waals surface area (Å²) in [6.07, 6.45) is 4.09. The molecule has 0 saturated heterocycles. The number of hydrogen-bond donors (Lipinski definition) is 1. The number of benzene rings is 2. The third-order valence-corrected chi connectivity index (χ3v) is 5.12. The Hall–Kier alpha value is -2.69. The predicted octanol–water partition coefficient (Wildman–Crippen LogP) is 4.09. The van der Waals surface area contributed by atoms with Gasteiger partial charge in [0.15, 0.2) is 0 Å². The molecule has 5 heteroatoms. The van der Waals surface area contributed by atoms with Gasteiger partial charge < -0.3 is 10.2 Å². The summed E-state index contributed by atoms with van der Waals surface area (Å²) in [7, 11) is 0. The third kappa shape index (κ3) is 4.73. The minimum atomic E-state index is -0.350. The number of hydrogen-bond acceptors (Lipinski definition) is 2. The fraction of sp³-hybridized carbons (Fsp3) is 0.364. The van der Waals surface area contributed by atoms with Gasteiger partial charge in [-0.2, -0.15) is 0 Å². The normalized spacial score (nSPS) is 14.1. The van der Waals surface area contributed by atoms with Gasteiger partial charge in [0.1, 0.15) is 5.82 Å². The van der Waals surface area contributed by atoms with Crippen LogP contribution in [0.1, 0.15) is 41.6 Å². The molecule has 0 aliphatic heterocycles. The summed E-state index contributed by atoms with van der Waals surface area (Å²) in [6, 6.07) is 13.2. The van der Waals surface area contributed by atoms with Crippen molar-refractivity contribution in [3.05, 3.63) is 65.5 Å².